The molecule has 0 radical (unpaired) electrons. The van der Waals surface area contributed by atoms with Crippen LogP contribution in [0.25, 0.3) is 0 Å². The van der Waals surface area contributed by atoms with Gasteiger partial charge in [0.05, 0.1) is 22.4 Å². The fourth-order valence-electron chi connectivity index (χ4n) is 2.95. The van der Waals surface area contributed by atoms with E-state index in [0.29, 0.717) is 41.0 Å². The third kappa shape index (κ3) is 2.97. The number of aromatic nitrogens is 2. The van der Waals surface area contributed by atoms with E-state index in [1.165, 1.54) is 12.3 Å². The number of benzene rings is 1. The van der Waals surface area contributed by atoms with Crippen LogP contribution < -0.4 is 0 Å². The van der Waals surface area contributed by atoms with Crippen LogP contribution in [0.2, 0.25) is 0 Å². The first kappa shape index (κ1) is 17.3. The maximum atomic E-state index is 13.0. The Morgan fingerprint density at radius 2 is 1.96 bits per heavy atom. The second-order valence-corrected chi connectivity index (χ2v) is 8.09. The zero-order valence-electron chi connectivity index (χ0n) is 14.5. The van der Waals surface area contributed by atoms with E-state index in [2.05, 4.69) is 10.3 Å². The molecule has 1 aromatic carbocycles. The maximum Gasteiger partial charge on any atom is 0.196 e. The van der Waals surface area contributed by atoms with Gasteiger partial charge in [0, 0.05) is 36.5 Å². The van der Waals surface area contributed by atoms with Gasteiger partial charge < -0.3 is 4.84 Å². The zero-order chi connectivity index (χ0) is 18.4. The third-order valence-electron chi connectivity index (χ3n) is 4.44. The van der Waals surface area contributed by atoms with Gasteiger partial charge in [0.15, 0.2) is 15.6 Å². The van der Waals surface area contributed by atoms with Crippen molar-refractivity contribution in [3.8, 4) is 0 Å². The molecular formula is C17H19N3O4S. The van der Waals surface area contributed by atoms with Gasteiger partial charge in [-0.15, -0.1) is 0 Å². The maximum absolute atomic E-state index is 13.0. The first-order chi connectivity index (χ1) is 11.7. The van der Waals surface area contributed by atoms with Gasteiger partial charge in [0.1, 0.15) is 6.61 Å². The van der Waals surface area contributed by atoms with Crippen LogP contribution in [0.3, 0.4) is 0 Å². The quantitative estimate of drug-likeness (QED) is 0.775. The summed E-state index contributed by atoms with van der Waals surface area (Å²) in [5, 5.41) is 8.07. The number of oxime groups is 1. The van der Waals surface area contributed by atoms with Gasteiger partial charge in [-0.3, -0.25) is 9.48 Å². The van der Waals surface area contributed by atoms with E-state index in [0.717, 1.165) is 11.9 Å². The lowest BCUT2D eigenvalue weighted by Gasteiger charge is -2.14. The number of nitrogens with zero attached hydrogens (tertiary/aromatic N) is 3. The van der Waals surface area contributed by atoms with Crippen molar-refractivity contribution in [3.63, 3.8) is 0 Å². The monoisotopic (exact) mass is 361 g/mol. The summed E-state index contributed by atoms with van der Waals surface area (Å²) in [6, 6.07) is 3.03. The second kappa shape index (κ2) is 6.11. The highest BCUT2D eigenvalue weighted by atomic mass is 32.2. The highest BCUT2D eigenvalue weighted by Gasteiger charge is 2.26. The average molecular weight is 361 g/mol. The zero-order valence-corrected chi connectivity index (χ0v) is 15.3. The number of aryl methyl sites for hydroxylation is 1. The van der Waals surface area contributed by atoms with Crippen LogP contribution in [0, 0.1) is 13.8 Å². The molecule has 132 valence electrons. The molecule has 0 spiro atoms. The Morgan fingerprint density at radius 1 is 1.24 bits per heavy atom. The lowest BCUT2D eigenvalue weighted by Crippen LogP contribution is -2.14. The Morgan fingerprint density at radius 3 is 2.48 bits per heavy atom. The molecule has 1 aromatic heterocycles. The predicted molar refractivity (Wildman–Crippen MR) is 92.8 cm³/mol. The molecule has 0 bridgehead atoms. The van der Waals surface area contributed by atoms with Crippen molar-refractivity contribution in [1.82, 2.24) is 9.78 Å². The smallest absolute Gasteiger partial charge is 0.196 e. The molecule has 2 heterocycles. The SMILES string of the molecule is Cc1c(C(=O)c2cnn(C)c2C)ccc(S(C)(=O)=O)c1C1=NOCC1. The van der Waals surface area contributed by atoms with Crippen molar-refractivity contribution in [3.05, 3.63) is 46.3 Å². The first-order valence-corrected chi connectivity index (χ1v) is 9.67. The Bertz CT molecular complexity index is 1000. The largest absolute Gasteiger partial charge is 0.395 e. The van der Waals surface area contributed by atoms with Crippen LogP contribution in [-0.2, 0) is 21.7 Å². The van der Waals surface area contributed by atoms with E-state index in [9.17, 15) is 13.2 Å². The number of sulfone groups is 1. The third-order valence-corrected chi connectivity index (χ3v) is 5.58. The molecule has 8 heteroatoms. The summed E-state index contributed by atoms with van der Waals surface area (Å²) >= 11 is 0. The number of rotatable bonds is 4. The highest BCUT2D eigenvalue weighted by molar-refractivity contribution is 7.90. The van der Waals surface area contributed by atoms with Crippen LogP contribution in [0.15, 0.2) is 28.4 Å². The van der Waals surface area contributed by atoms with Crippen LogP contribution in [0.4, 0.5) is 0 Å². The van der Waals surface area contributed by atoms with Gasteiger partial charge in [-0.25, -0.2) is 8.42 Å². The molecule has 1 aliphatic rings. The number of hydrogen-bond donors (Lipinski definition) is 0. The van der Waals surface area contributed by atoms with E-state index >= 15 is 0 Å². The first-order valence-electron chi connectivity index (χ1n) is 7.78. The van der Waals surface area contributed by atoms with Gasteiger partial charge in [-0.05, 0) is 31.5 Å². The standard InChI is InChI=1S/C17H19N3O4S/c1-10-12(17(21)13-9-18-20(3)11(13)2)5-6-15(25(4,22)23)16(10)14-7-8-24-19-14/h5-6,9H,7-8H2,1-4H3. The topological polar surface area (TPSA) is 90.6 Å². The van der Waals surface area contributed by atoms with Crippen molar-refractivity contribution in [1.29, 1.82) is 0 Å². The van der Waals surface area contributed by atoms with E-state index in [1.807, 2.05) is 6.92 Å². The van der Waals surface area contributed by atoms with Gasteiger partial charge in [0.2, 0.25) is 0 Å². The molecule has 0 unspecified atom stereocenters. The Hall–Kier alpha value is -2.48. The molecule has 3 rings (SSSR count). The predicted octanol–water partition coefficient (Wildman–Crippen LogP) is 1.80. The lowest BCUT2D eigenvalue weighted by atomic mass is 9.93. The molecule has 1 aliphatic heterocycles. The van der Waals surface area contributed by atoms with Crippen molar-refractivity contribution in [2.75, 3.05) is 12.9 Å². The summed E-state index contributed by atoms with van der Waals surface area (Å²) in [4.78, 5) is 18.2. The Labute approximate surface area is 146 Å². The van der Waals surface area contributed by atoms with Crippen LogP contribution in [-0.4, -0.2) is 42.6 Å². The van der Waals surface area contributed by atoms with E-state index in [-0.39, 0.29) is 10.7 Å². The lowest BCUT2D eigenvalue weighted by molar-refractivity contribution is 0.103. The molecule has 0 N–H and O–H groups in total. The minimum Gasteiger partial charge on any atom is -0.395 e. The summed E-state index contributed by atoms with van der Waals surface area (Å²) < 4.78 is 26.0. The van der Waals surface area contributed by atoms with Crippen molar-refractivity contribution < 1.29 is 18.0 Å². The normalized spacial score (nSPS) is 14.3. The van der Waals surface area contributed by atoms with E-state index < -0.39 is 9.84 Å². The summed E-state index contributed by atoms with van der Waals surface area (Å²) in [7, 11) is -1.70. The molecule has 0 amide bonds. The van der Waals surface area contributed by atoms with E-state index in [4.69, 9.17) is 4.84 Å². The van der Waals surface area contributed by atoms with Gasteiger partial charge >= 0.3 is 0 Å². The van der Waals surface area contributed by atoms with Crippen molar-refractivity contribution >= 4 is 21.3 Å². The number of hydrogen-bond acceptors (Lipinski definition) is 6. The van der Waals surface area contributed by atoms with Crippen LogP contribution >= 0.6 is 0 Å². The molecule has 0 atom stereocenters. The Balaban J connectivity index is 2.22. The molecule has 0 saturated carbocycles. The minimum absolute atomic E-state index is 0.161. The molecule has 0 fully saturated rings. The van der Waals surface area contributed by atoms with E-state index in [1.54, 1.807) is 24.7 Å². The average Bonchev–Trinajstić information content (AvgIpc) is 3.17. The molecule has 0 aliphatic carbocycles. The summed E-state index contributed by atoms with van der Waals surface area (Å²) in [5.74, 6) is -0.191. The molecule has 0 saturated heterocycles. The van der Waals surface area contributed by atoms with Crippen LogP contribution in [0.1, 0.15) is 39.2 Å². The summed E-state index contributed by atoms with van der Waals surface area (Å²) in [6.07, 6.45) is 3.18. The molecule has 2 aromatic rings. The van der Waals surface area contributed by atoms with Crippen molar-refractivity contribution in [2.45, 2.75) is 25.2 Å². The minimum atomic E-state index is -3.47. The second-order valence-electron chi connectivity index (χ2n) is 6.10. The molecule has 7 nitrogen and oxygen atoms in total. The molecule has 25 heavy (non-hydrogen) atoms. The summed E-state index contributed by atoms with van der Waals surface area (Å²) in [5.41, 5.74) is 3.28. The molecular weight excluding hydrogens is 342 g/mol. The number of ketones is 1. The highest BCUT2D eigenvalue weighted by Crippen LogP contribution is 2.28. The van der Waals surface area contributed by atoms with Gasteiger partial charge in [0.25, 0.3) is 0 Å². The van der Waals surface area contributed by atoms with Gasteiger partial charge in [-0.1, -0.05) is 5.16 Å². The Kier molecular flexibility index (Phi) is 4.24. The summed E-state index contributed by atoms with van der Waals surface area (Å²) in [6.45, 7) is 3.96. The fourth-order valence-corrected chi connectivity index (χ4v) is 3.91. The number of carbonyl (C=O) groups is 1. The van der Waals surface area contributed by atoms with Crippen molar-refractivity contribution in [2.24, 2.45) is 12.2 Å². The fraction of sp³-hybridized carbons (Fsp3) is 0.353. The number of carbonyl (C=O) groups excluding carboxylic acids is 1. The van der Waals surface area contributed by atoms with Crippen LogP contribution in [0.5, 0.6) is 0 Å². The van der Waals surface area contributed by atoms with Gasteiger partial charge in [-0.2, -0.15) is 5.10 Å².